The fraction of sp³-hybridized carbons (Fsp3) is 0.400. The third-order valence-electron chi connectivity index (χ3n) is 1.96. The second kappa shape index (κ2) is 4.26. The molecular formula is C10H15O3P. The molecule has 14 heavy (non-hydrogen) atoms. The van der Waals surface area contributed by atoms with Crippen LogP contribution in [-0.2, 0) is 9.09 Å². The summed E-state index contributed by atoms with van der Waals surface area (Å²) in [5.41, 5.74) is 1.87. The summed E-state index contributed by atoms with van der Waals surface area (Å²) in [6.45, 7) is 5.69. The molecule has 3 nitrogen and oxygen atoms in total. The molecule has 0 aromatic heterocycles. The molecule has 1 aromatic carbocycles. The second-order valence-corrected chi connectivity index (χ2v) is 5.01. The summed E-state index contributed by atoms with van der Waals surface area (Å²) in [6.07, 6.45) is 0. The van der Waals surface area contributed by atoms with Gasteiger partial charge < -0.3 is 9.42 Å². The summed E-state index contributed by atoms with van der Waals surface area (Å²) >= 11 is 0. The lowest BCUT2D eigenvalue weighted by atomic mass is 10.2. The molecule has 0 amide bonds. The molecule has 0 spiro atoms. The van der Waals surface area contributed by atoms with Crippen LogP contribution < -0.4 is 5.30 Å². The van der Waals surface area contributed by atoms with E-state index in [1.54, 1.807) is 13.0 Å². The van der Waals surface area contributed by atoms with Crippen molar-refractivity contribution in [2.75, 3.05) is 6.61 Å². The molecule has 0 fully saturated rings. The Balaban J connectivity index is 3.13. The maximum absolute atomic E-state index is 11.7. The fourth-order valence-corrected chi connectivity index (χ4v) is 2.63. The average molecular weight is 214 g/mol. The van der Waals surface area contributed by atoms with Crippen LogP contribution in [0, 0.1) is 13.8 Å². The molecule has 1 aromatic rings. The molecule has 1 N–H and O–H groups in total. The molecule has 0 saturated carbocycles. The number of hydrogen-bond acceptors (Lipinski definition) is 2. The molecule has 0 aliphatic heterocycles. The van der Waals surface area contributed by atoms with Crippen LogP contribution in [0.5, 0.6) is 0 Å². The van der Waals surface area contributed by atoms with Gasteiger partial charge in [-0.15, -0.1) is 0 Å². The maximum atomic E-state index is 11.7. The molecule has 1 unspecified atom stereocenters. The highest BCUT2D eigenvalue weighted by molar-refractivity contribution is 7.61. The average Bonchev–Trinajstić information content (AvgIpc) is 2.02. The van der Waals surface area contributed by atoms with E-state index in [1.165, 1.54) is 0 Å². The monoisotopic (exact) mass is 214 g/mol. The molecule has 0 aliphatic rings. The Morgan fingerprint density at radius 1 is 1.43 bits per heavy atom. The van der Waals surface area contributed by atoms with E-state index in [0.717, 1.165) is 11.1 Å². The molecule has 4 heteroatoms. The van der Waals surface area contributed by atoms with Gasteiger partial charge in [0.25, 0.3) is 0 Å². The van der Waals surface area contributed by atoms with Crippen molar-refractivity contribution >= 4 is 12.9 Å². The Morgan fingerprint density at radius 2 is 2.07 bits per heavy atom. The van der Waals surface area contributed by atoms with Crippen LogP contribution in [0.4, 0.5) is 0 Å². The highest BCUT2D eigenvalue weighted by atomic mass is 31.2. The van der Waals surface area contributed by atoms with Gasteiger partial charge in [-0.05, 0) is 32.4 Å². The Labute approximate surface area is 84.3 Å². The first-order valence-corrected chi connectivity index (χ1v) is 6.10. The summed E-state index contributed by atoms with van der Waals surface area (Å²) in [5, 5.41) is 0.393. The molecule has 78 valence electrons. The van der Waals surface area contributed by atoms with Crippen molar-refractivity contribution < 1.29 is 14.0 Å². The minimum absolute atomic E-state index is 0.237. The summed E-state index contributed by atoms with van der Waals surface area (Å²) < 4.78 is 16.5. The normalized spacial score (nSPS) is 15.1. The predicted octanol–water partition coefficient (Wildman–Crippen LogP) is 2.15. The van der Waals surface area contributed by atoms with Gasteiger partial charge in [0.1, 0.15) is 0 Å². The zero-order valence-electron chi connectivity index (χ0n) is 8.65. The highest BCUT2D eigenvalue weighted by Gasteiger charge is 2.23. The smallest absolute Gasteiger partial charge is 0.321 e. The standard InChI is InChI=1S/C10H15O3P/c1-4-13-14(11,12)10-6-5-8(2)7-9(10)3/h5-7H,4H2,1-3H3,(H,11,12). The van der Waals surface area contributed by atoms with Crippen molar-refractivity contribution in [2.45, 2.75) is 20.8 Å². The van der Waals surface area contributed by atoms with Crippen LogP contribution in [0.25, 0.3) is 0 Å². The zero-order chi connectivity index (χ0) is 10.8. The van der Waals surface area contributed by atoms with Crippen LogP contribution in [0.1, 0.15) is 18.1 Å². The quantitative estimate of drug-likeness (QED) is 0.784. The Morgan fingerprint density at radius 3 is 2.57 bits per heavy atom. The first-order valence-electron chi connectivity index (χ1n) is 4.52. The number of hydrogen-bond donors (Lipinski definition) is 1. The van der Waals surface area contributed by atoms with Gasteiger partial charge in [-0.2, -0.15) is 0 Å². The lowest BCUT2D eigenvalue weighted by molar-refractivity contribution is 0.284. The Hall–Kier alpha value is -0.630. The lowest BCUT2D eigenvalue weighted by Crippen LogP contribution is -2.10. The summed E-state index contributed by atoms with van der Waals surface area (Å²) in [6, 6.07) is 5.34. The van der Waals surface area contributed by atoms with E-state index < -0.39 is 7.60 Å². The lowest BCUT2D eigenvalue weighted by Gasteiger charge is -2.13. The Bertz CT molecular complexity index is 374. The van der Waals surface area contributed by atoms with Gasteiger partial charge in [0.15, 0.2) is 0 Å². The van der Waals surface area contributed by atoms with E-state index in [9.17, 15) is 9.46 Å². The van der Waals surface area contributed by atoms with E-state index >= 15 is 0 Å². The summed E-state index contributed by atoms with van der Waals surface area (Å²) in [4.78, 5) is 9.59. The molecule has 1 atom stereocenters. The first kappa shape index (κ1) is 11.4. The van der Waals surface area contributed by atoms with Crippen LogP contribution in [0.15, 0.2) is 18.2 Å². The first-order chi connectivity index (χ1) is 6.47. The molecule has 0 heterocycles. The van der Waals surface area contributed by atoms with Gasteiger partial charge in [-0.25, -0.2) is 0 Å². The summed E-state index contributed by atoms with van der Waals surface area (Å²) in [5.74, 6) is 0. The van der Waals surface area contributed by atoms with Gasteiger partial charge >= 0.3 is 7.60 Å². The predicted molar refractivity (Wildman–Crippen MR) is 57.0 cm³/mol. The van der Waals surface area contributed by atoms with E-state index in [1.807, 2.05) is 26.0 Å². The topological polar surface area (TPSA) is 46.5 Å². The van der Waals surface area contributed by atoms with Gasteiger partial charge in [0.05, 0.1) is 11.9 Å². The zero-order valence-corrected chi connectivity index (χ0v) is 9.54. The third kappa shape index (κ3) is 2.44. The van der Waals surface area contributed by atoms with Crippen LogP contribution in [0.3, 0.4) is 0 Å². The van der Waals surface area contributed by atoms with Crippen molar-refractivity contribution in [3.8, 4) is 0 Å². The van der Waals surface area contributed by atoms with Crippen LogP contribution in [0.2, 0.25) is 0 Å². The Kier molecular flexibility index (Phi) is 3.48. The van der Waals surface area contributed by atoms with Crippen molar-refractivity contribution in [2.24, 2.45) is 0 Å². The van der Waals surface area contributed by atoms with Gasteiger partial charge in [-0.1, -0.05) is 17.7 Å². The highest BCUT2D eigenvalue weighted by Crippen LogP contribution is 2.41. The second-order valence-electron chi connectivity index (χ2n) is 3.23. The van der Waals surface area contributed by atoms with Crippen molar-refractivity contribution in [3.63, 3.8) is 0 Å². The summed E-state index contributed by atoms with van der Waals surface area (Å²) in [7, 11) is -3.60. The van der Waals surface area contributed by atoms with Crippen LogP contribution in [-0.4, -0.2) is 11.5 Å². The minimum atomic E-state index is -3.60. The van der Waals surface area contributed by atoms with Crippen molar-refractivity contribution in [1.82, 2.24) is 0 Å². The van der Waals surface area contributed by atoms with Crippen LogP contribution >= 0.6 is 7.60 Å². The number of rotatable bonds is 3. The van der Waals surface area contributed by atoms with Crippen molar-refractivity contribution in [1.29, 1.82) is 0 Å². The molecule has 1 rings (SSSR count). The largest absolute Gasteiger partial charge is 0.359 e. The number of aryl methyl sites for hydroxylation is 2. The van der Waals surface area contributed by atoms with E-state index in [0.29, 0.717) is 5.30 Å². The fourth-order valence-electron chi connectivity index (χ4n) is 1.37. The molecule has 0 bridgehead atoms. The minimum Gasteiger partial charge on any atom is -0.321 e. The van der Waals surface area contributed by atoms with Crippen molar-refractivity contribution in [3.05, 3.63) is 29.3 Å². The van der Waals surface area contributed by atoms with E-state index in [4.69, 9.17) is 4.52 Å². The third-order valence-corrected chi connectivity index (χ3v) is 3.68. The SMILES string of the molecule is CCOP(=O)(O)c1ccc(C)cc1C. The molecular weight excluding hydrogens is 199 g/mol. The molecule has 0 saturated heterocycles. The van der Waals surface area contributed by atoms with E-state index in [2.05, 4.69) is 0 Å². The molecule has 0 radical (unpaired) electrons. The van der Waals surface area contributed by atoms with Gasteiger partial charge in [-0.3, -0.25) is 4.57 Å². The molecule has 0 aliphatic carbocycles. The number of benzene rings is 1. The van der Waals surface area contributed by atoms with Gasteiger partial charge in [0, 0.05) is 0 Å². The van der Waals surface area contributed by atoms with E-state index in [-0.39, 0.29) is 6.61 Å². The maximum Gasteiger partial charge on any atom is 0.359 e. The van der Waals surface area contributed by atoms with Gasteiger partial charge in [0.2, 0.25) is 0 Å².